The number of nitrogens with zero attached hydrogens (tertiary/aromatic N) is 2. The number of carboxylic acid groups (broad SMARTS) is 1. The Hall–Kier alpha value is -2.97. The Morgan fingerprint density at radius 3 is 2.78 bits per heavy atom. The van der Waals surface area contributed by atoms with Crippen LogP contribution in [-0.2, 0) is 0 Å². The van der Waals surface area contributed by atoms with Crippen molar-refractivity contribution in [3.63, 3.8) is 0 Å². The monoisotopic (exact) mass is 250 g/mol. The van der Waals surface area contributed by atoms with Crippen LogP contribution in [0.3, 0.4) is 0 Å². The zero-order valence-electron chi connectivity index (χ0n) is 8.71. The molecule has 0 saturated heterocycles. The summed E-state index contributed by atoms with van der Waals surface area (Å²) in [5.74, 6) is -1.16. The predicted molar refractivity (Wildman–Crippen MR) is 58.2 cm³/mol. The lowest BCUT2D eigenvalue weighted by molar-refractivity contribution is -0.384. The first kappa shape index (κ1) is 11.5. The van der Waals surface area contributed by atoms with Gasteiger partial charge in [0.1, 0.15) is 0 Å². The molecule has 0 aliphatic rings. The summed E-state index contributed by atoms with van der Waals surface area (Å²) in [5, 5.41) is 20.5. The molecule has 0 aliphatic heterocycles. The number of imide groups is 1. The fourth-order valence-electron chi connectivity index (χ4n) is 1.38. The van der Waals surface area contributed by atoms with E-state index in [4.69, 9.17) is 5.11 Å². The van der Waals surface area contributed by atoms with Crippen LogP contribution in [0.15, 0.2) is 18.2 Å². The van der Waals surface area contributed by atoms with E-state index in [2.05, 4.69) is 9.97 Å². The average molecular weight is 250 g/mol. The topological polar surface area (TPSA) is 138 Å². The molecule has 9 heteroatoms. The molecular formula is C9H6N4O5. The highest BCUT2D eigenvalue weighted by Gasteiger charge is 2.15. The van der Waals surface area contributed by atoms with Gasteiger partial charge in [-0.2, -0.15) is 0 Å². The number of nitro groups is 1. The van der Waals surface area contributed by atoms with Crippen molar-refractivity contribution < 1.29 is 19.6 Å². The van der Waals surface area contributed by atoms with Gasteiger partial charge in [0.2, 0.25) is 0 Å². The number of non-ortho nitro benzene ring substituents is 1. The molecule has 0 fully saturated rings. The number of carbonyl (C=O) groups excluding carboxylic acids is 1. The lowest BCUT2D eigenvalue weighted by atomic mass is 10.3. The molecule has 2 rings (SSSR count). The van der Waals surface area contributed by atoms with Gasteiger partial charge in [-0.3, -0.25) is 20.2 Å². The molecular weight excluding hydrogens is 244 g/mol. The number of hydrogen-bond acceptors (Lipinski definition) is 5. The van der Waals surface area contributed by atoms with Crippen LogP contribution in [-0.4, -0.2) is 32.0 Å². The quantitative estimate of drug-likeness (QED) is 0.534. The van der Waals surface area contributed by atoms with E-state index < -0.39 is 16.9 Å². The Balaban J connectivity index is 2.41. The van der Waals surface area contributed by atoms with Crippen LogP contribution >= 0.6 is 0 Å². The molecule has 18 heavy (non-hydrogen) atoms. The number of amides is 2. The lowest BCUT2D eigenvalue weighted by Crippen LogP contribution is -2.29. The molecule has 0 atom stereocenters. The van der Waals surface area contributed by atoms with Crippen LogP contribution in [0.2, 0.25) is 0 Å². The highest BCUT2D eigenvalue weighted by molar-refractivity contribution is 6.01. The molecule has 0 saturated carbocycles. The summed E-state index contributed by atoms with van der Waals surface area (Å²) in [4.78, 5) is 37.9. The molecule has 0 radical (unpaired) electrons. The smallest absolute Gasteiger partial charge is 0.411 e. The van der Waals surface area contributed by atoms with Gasteiger partial charge >= 0.3 is 6.09 Å². The summed E-state index contributed by atoms with van der Waals surface area (Å²) in [6.45, 7) is 0. The normalized spacial score (nSPS) is 10.2. The number of nitro benzene ring substituents is 1. The summed E-state index contributed by atoms with van der Waals surface area (Å²) in [6, 6.07) is 3.81. The Kier molecular flexibility index (Phi) is 2.64. The third kappa shape index (κ3) is 2.09. The molecule has 2 amide bonds. The maximum absolute atomic E-state index is 11.3. The molecule has 0 unspecified atom stereocenters. The second-order valence-electron chi connectivity index (χ2n) is 3.30. The summed E-state index contributed by atoms with van der Waals surface area (Å²) < 4.78 is 0. The van der Waals surface area contributed by atoms with E-state index in [1.54, 1.807) is 5.32 Å². The van der Waals surface area contributed by atoms with Crippen molar-refractivity contribution in [3.05, 3.63) is 34.1 Å². The number of nitrogens with one attached hydrogen (secondary N) is 2. The number of H-pyrrole nitrogens is 1. The fourth-order valence-corrected chi connectivity index (χ4v) is 1.38. The zero-order chi connectivity index (χ0) is 13.3. The van der Waals surface area contributed by atoms with Crippen molar-refractivity contribution in [2.24, 2.45) is 0 Å². The van der Waals surface area contributed by atoms with Gasteiger partial charge < -0.3 is 10.1 Å². The van der Waals surface area contributed by atoms with Crippen molar-refractivity contribution in [2.75, 3.05) is 0 Å². The molecule has 0 aliphatic carbocycles. The molecule has 0 spiro atoms. The van der Waals surface area contributed by atoms with Gasteiger partial charge in [0.15, 0.2) is 5.82 Å². The summed E-state index contributed by atoms with van der Waals surface area (Å²) >= 11 is 0. The van der Waals surface area contributed by atoms with Crippen LogP contribution in [0, 0.1) is 10.1 Å². The van der Waals surface area contributed by atoms with Crippen LogP contribution in [0.1, 0.15) is 10.6 Å². The highest BCUT2D eigenvalue weighted by atomic mass is 16.6. The summed E-state index contributed by atoms with van der Waals surface area (Å²) in [7, 11) is 0. The van der Waals surface area contributed by atoms with Crippen molar-refractivity contribution in [3.8, 4) is 0 Å². The van der Waals surface area contributed by atoms with E-state index in [1.165, 1.54) is 18.2 Å². The Morgan fingerprint density at radius 1 is 1.44 bits per heavy atom. The molecule has 3 N–H and O–H groups in total. The number of benzene rings is 1. The first-order chi connectivity index (χ1) is 8.47. The number of imidazole rings is 1. The van der Waals surface area contributed by atoms with Gasteiger partial charge in [-0.05, 0) is 6.07 Å². The summed E-state index contributed by atoms with van der Waals surface area (Å²) in [6.07, 6.45) is -1.51. The van der Waals surface area contributed by atoms with E-state index in [-0.39, 0.29) is 17.0 Å². The minimum atomic E-state index is -1.51. The van der Waals surface area contributed by atoms with Crippen LogP contribution in [0.4, 0.5) is 10.5 Å². The largest absolute Gasteiger partial charge is 0.465 e. The highest BCUT2D eigenvalue weighted by Crippen LogP contribution is 2.18. The fraction of sp³-hybridized carbons (Fsp3) is 0. The number of carbonyl (C=O) groups is 2. The number of fused-ring (bicyclic) bond motifs is 1. The molecule has 92 valence electrons. The molecule has 1 heterocycles. The third-order valence-corrected chi connectivity index (χ3v) is 2.11. The SMILES string of the molecule is O=C(O)NC(=O)c1nc2ccc([N+](=O)[O-])cc2[nH]1. The third-order valence-electron chi connectivity index (χ3n) is 2.11. The van der Waals surface area contributed by atoms with Crippen molar-refractivity contribution in [2.45, 2.75) is 0 Å². The standard InChI is InChI=1S/C9H6N4O5/c14-8(12-9(15)16)7-10-5-2-1-4(13(17)18)3-6(5)11-7/h1-3H,(H,10,11)(H,12,14)(H,15,16). The van der Waals surface area contributed by atoms with Gasteiger partial charge in [-0.1, -0.05) is 0 Å². The number of rotatable bonds is 2. The van der Waals surface area contributed by atoms with E-state index in [0.29, 0.717) is 5.52 Å². The van der Waals surface area contributed by atoms with E-state index in [1.807, 2.05) is 0 Å². The number of aromatic nitrogens is 2. The first-order valence-corrected chi connectivity index (χ1v) is 4.66. The van der Waals surface area contributed by atoms with Gasteiger partial charge in [0.05, 0.1) is 16.0 Å². The van der Waals surface area contributed by atoms with E-state index >= 15 is 0 Å². The summed E-state index contributed by atoms with van der Waals surface area (Å²) in [5.41, 5.74) is 0.451. The second-order valence-corrected chi connectivity index (χ2v) is 3.30. The second kappa shape index (κ2) is 4.13. The molecule has 1 aromatic heterocycles. The minimum Gasteiger partial charge on any atom is -0.465 e. The van der Waals surface area contributed by atoms with Gasteiger partial charge in [-0.15, -0.1) is 0 Å². The molecule has 1 aromatic carbocycles. The van der Waals surface area contributed by atoms with Crippen LogP contribution in [0.5, 0.6) is 0 Å². The number of aromatic amines is 1. The molecule has 9 nitrogen and oxygen atoms in total. The maximum Gasteiger partial charge on any atom is 0.411 e. The maximum atomic E-state index is 11.3. The Morgan fingerprint density at radius 2 is 2.17 bits per heavy atom. The first-order valence-electron chi connectivity index (χ1n) is 4.66. The minimum absolute atomic E-state index is 0.156. The van der Waals surface area contributed by atoms with Gasteiger partial charge in [-0.25, -0.2) is 9.78 Å². The average Bonchev–Trinajstić information content (AvgIpc) is 2.70. The van der Waals surface area contributed by atoms with Crippen molar-refractivity contribution in [1.82, 2.24) is 15.3 Å². The van der Waals surface area contributed by atoms with Crippen LogP contribution < -0.4 is 5.32 Å². The predicted octanol–water partition coefficient (Wildman–Crippen LogP) is 0.879. The molecule has 0 bridgehead atoms. The van der Waals surface area contributed by atoms with Gasteiger partial charge in [0.25, 0.3) is 11.6 Å². The van der Waals surface area contributed by atoms with E-state index in [9.17, 15) is 19.7 Å². The van der Waals surface area contributed by atoms with Gasteiger partial charge in [0, 0.05) is 12.1 Å². The number of hydrogen-bond donors (Lipinski definition) is 3. The lowest BCUT2D eigenvalue weighted by Gasteiger charge is -1.93. The molecule has 2 aromatic rings. The van der Waals surface area contributed by atoms with Crippen molar-refractivity contribution >= 4 is 28.7 Å². The Bertz CT molecular complexity index is 662. The van der Waals surface area contributed by atoms with Crippen LogP contribution in [0.25, 0.3) is 11.0 Å². The zero-order valence-corrected chi connectivity index (χ0v) is 8.71. The van der Waals surface area contributed by atoms with Crippen molar-refractivity contribution in [1.29, 1.82) is 0 Å². The van der Waals surface area contributed by atoms with E-state index in [0.717, 1.165) is 0 Å². The Labute approximate surface area is 98.6 Å².